The summed E-state index contributed by atoms with van der Waals surface area (Å²) in [6, 6.07) is 1.93. The summed E-state index contributed by atoms with van der Waals surface area (Å²) in [6.45, 7) is 0. The van der Waals surface area contributed by atoms with E-state index < -0.39 is 5.97 Å². The number of hydrogen-bond acceptors (Lipinski definition) is 4. The van der Waals surface area contributed by atoms with Gasteiger partial charge in [-0.15, -0.1) is 0 Å². The van der Waals surface area contributed by atoms with E-state index in [0.717, 1.165) is 24.0 Å². The first-order valence-electron chi connectivity index (χ1n) is 6.29. The van der Waals surface area contributed by atoms with Crippen LogP contribution in [-0.4, -0.2) is 51.5 Å². The standard InChI is InChI=1S/C14H16N2O3S/c1-16(12-4-5-20-9-12)14(19)11-6-10(7-15-8-11)2-3-13(17)18/h2-3,6-8,12H,4-5,9H2,1H3,(H,17,18). The average Bonchev–Trinajstić information content (AvgIpc) is 2.98. The Morgan fingerprint density at radius 2 is 2.30 bits per heavy atom. The summed E-state index contributed by atoms with van der Waals surface area (Å²) < 4.78 is 0. The number of carbonyl (C=O) groups is 2. The third-order valence-electron chi connectivity index (χ3n) is 3.20. The molecule has 1 N–H and O–H groups in total. The highest BCUT2D eigenvalue weighted by molar-refractivity contribution is 7.99. The van der Waals surface area contributed by atoms with Crippen LogP contribution >= 0.6 is 11.8 Å². The highest BCUT2D eigenvalue weighted by Gasteiger charge is 2.24. The van der Waals surface area contributed by atoms with Crippen molar-refractivity contribution in [2.45, 2.75) is 12.5 Å². The van der Waals surface area contributed by atoms with Crippen molar-refractivity contribution in [1.82, 2.24) is 9.88 Å². The minimum Gasteiger partial charge on any atom is -0.478 e. The molecular weight excluding hydrogens is 276 g/mol. The Labute approximate surface area is 121 Å². The van der Waals surface area contributed by atoms with Gasteiger partial charge in [0, 0.05) is 37.3 Å². The van der Waals surface area contributed by atoms with E-state index >= 15 is 0 Å². The number of carboxylic acids is 1. The number of hydrogen-bond donors (Lipinski definition) is 1. The van der Waals surface area contributed by atoms with Gasteiger partial charge in [-0.2, -0.15) is 11.8 Å². The second-order valence-corrected chi connectivity index (χ2v) is 5.76. The molecule has 1 atom stereocenters. The fraction of sp³-hybridized carbons (Fsp3) is 0.357. The lowest BCUT2D eigenvalue weighted by Gasteiger charge is -2.23. The second-order valence-electron chi connectivity index (χ2n) is 4.61. The first kappa shape index (κ1) is 14.6. The molecule has 0 radical (unpaired) electrons. The molecule has 1 fully saturated rings. The fourth-order valence-electron chi connectivity index (χ4n) is 2.03. The Bertz CT molecular complexity index is 539. The Hall–Kier alpha value is -1.82. The fourth-order valence-corrected chi connectivity index (χ4v) is 3.30. The molecule has 2 rings (SSSR count). The van der Waals surface area contributed by atoms with Crippen molar-refractivity contribution >= 4 is 29.7 Å². The van der Waals surface area contributed by atoms with Gasteiger partial charge in [-0.05, 0) is 29.9 Å². The van der Waals surface area contributed by atoms with Crippen LogP contribution in [0.2, 0.25) is 0 Å². The van der Waals surface area contributed by atoms with E-state index in [4.69, 9.17) is 5.11 Å². The van der Waals surface area contributed by atoms with Crippen LogP contribution in [0.5, 0.6) is 0 Å². The monoisotopic (exact) mass is 292 g/mol. The van der Waals surface area contributed by atoms with Crippen LogP contribution in [0.3, 0.4) is 0 Å². The molecule has 5 nitrogen and oxygen atoms in total. The van der Waals surface area contributed by atoms with Crippen molar-refractivity contribution in [3.63, 3.8) is 0 Å². The maximum atomic E-state index is 12.4. The normalized spacial score (nSPS) is 18.4. The Morgan fingerprint density at radius 1 is 1.50 bits per heavy atom. The lowest BCUT2D eigenvalue weighted by molar-refractivity contribution is -0.131. The molecule has 0 spiro atoms. The number of nitrogens with zero attached hydrogens (tertiary/aromatic N) is 2. The van der Waals surface area contributed by atoms with Crippen LogP contribution < -0.4 is 0 Å². The quantitative estimate of drug-likeness (QED) is 0.856. The number of carbonyl (C=O) groups excluding carboxylic acids is 1. The van der Waals surface area contributed by atoms with Crippen LogP contribution in [0.4, 0.5) is 0 Å². The first-order chi connectivity index (χ1) is 9.58. The zero-order valence-corrected chi connectivity index (χ0v) is 12.0. The maximum Gasteiger partial charge on any atom is 0.328 e. The van der Waals surface area contributed by atoms with Gasteiger partial charge in [0.25, 0.3) is 5.91 Å². The van der Waals surface area contributed by atoms with Gasteiger partial charge >= 0.3 is 5.97 Å². The van der Waals surface area contributed by atoms with Crippen molar-refractivity contribution in [3.05, 3.63) is 35.7 Å². The topological polar surface area (TPSA) is 70.5 Å². The van der Waals surface area contributed by atoms with E-state index in [1.165, 1.54) is 18.5 Å². The van der Waals surface area contributed by atoms with E-state index in [2.05, 4.69) is 4.98 Å². The van der Waals surface area contributed by atoms with Crippen LogP contribution in [0.25, 0.3) is 6.08 Å². The van der Waals surface area contributed by atoms with Gasteiger partial charge in [-0.1, -0.05) is 0 Å². The molecule has 1 unspecified atom stereocenters. The zero-order chi connectivity index (χ0) is 14.5. The molecule has 106 valence electrons. The Balaban J connectivity index is 2.13. The summed E-state index contributed by atoms with van der Waals surface area (Å²) in [5, 5.41) is 8.60. The summed E-state index contributed by atoms with van der Waals surface area (Å²) in [4.78, 5) is 28.6. The number of carboxylic acid groups (broad SMARTS) is 1. The molecule has 0 aromatic carbocycles. The molecule has 20 heavy (non-hydrogen) atoms. The minimum absolute atomic E-state index is 0.0735. The molecule has 0 saturated carbocycles. The smallest absolute Gasteiger partial charge is 0.328 e. The summed E-state index contributed by atoms with van der Waals surface area (Å²) >= 11 is 1.85. The van der Waals surface area contributed by atoms with E-state index in [-0.39, 0.29) is 11.9 Å². The summed E-state index contributed by atoms with van der Waals surface area (Å²) in [6.07, 6.45) is 6.51. The van der Waals surface area contributed by atoms with E-state index in [1.807, 2.05) is 11.8 Å². The predicted molar refractivity (Wildman–Crippen MR) is 78.7 cm³/mol. The predicted octanol–water partition coefficient (Wildman–Crippen LogP) is 1.76. The van der Waals surface area contributed by atoms with Crippen LogP contribution in [0.15, 0.2) is 24.5 Å². The van der Waals surface area contributed by atoms with Gasteiger partial charge in [0.2, 0.25) is 0 Å². The van der Waals surface area contributed by atoms with Gasteiger partial charge in [0.1, 0.15) is 0 Å². The highest BCUT2D eigenvalue weighted by Crippen LogP contribution is 2.22. The molecule has 0 aliphatic carbocycles. The number of thioether (sulfide) groups is 1. The second kappa shape index (κ2) is 6.56. The SMILES string of the molecule is CN(C(=O)c1cncc(C=CC(=O)O)c1)C1CCSC1. The Morgan fingerprint density at radius 3 is 2.95 bits per heavy atom. The molecular formula is C14H16N2O3S. The number of aliphatic carboxylic acids is 1. The first-order valence-corrected chi connectivity index (χ1v) is 7.44. The van der Waals surface area contributed by atoms with Crippen LogP contribution in [-0.2, 0) is 4.79 Å². The van der Waals surface area contributed by atoms with Crippen molar-refractivity contribution in [1.29, 1.82) is 0 Å². The Kier molecular flexibility index (Phi) is 4.79. The lowest BCUT2D eigenvalue weighted by Crippen LogP contribution is -2.37. The molecule has 1 aliphatic rings. The van der Waals surface area contributed by atoms with Gasteiger partial charge in [0.05, 0.1) is 5.56 Å². The summed E-state index contributed by atoms with van der Waals surface area (Å²) in [7, 11) is 1.80. The molecule has 2 heterocycles. The third-order valence-corrected chi connectivity index (χ3v) is 4.34. The largest absolute Gasteiger partial charge is 0.478 e. The third kappa shape index (κ3) is 3.60. The van der Waals surface area contributed by atoms with Gasteiger partial charge < -0.3 is 10.0 Å². The minimum atomic E-state index is -1.03. The molecule has 1 aliphatic heterocycles. The number of aromatic nitrogens is 1. The zero-order valence-electron chi connectivity index (χ0n) is 11.2. The number of amides is 1. The van der Waals surface area contributed by atoms with Crippen molar-refractivity contribution in [2.24, 2.45) is 0 Å². The molecule has 1 aromatic heterocycles. The van der Waals surface area contributed by atoms with Crippen molar-refractivity contribution in [2.75, 3.05) is 18.6 Å². The van der Waals surface area contributed by atoms with E-state index in [1.54, 1.807) is 18.0 Å². The van der Waals surface area contributed by atoms with Crippen LogP contribution in [0, 0.1) is 0 Å². The van der Waals surface area contributed by atoms with Crippen molar-refractivity contribution < 1.29 is 14.7 Å². The van der Waals surface area contributed by atoms with Gasteiger partial charge in [0.15, 0.2) is 0 Å². The van der Waals surface area contributed by atoms with E-state index in [9.17, 15) is 9.59 Å². The molecule has 1 aromatic rings. The van der Waals surface area contributed by atoms with Gasteiger partial charge in [-0.25, -0.2) is 4.79 Å². The number of pyridine rings is 1. The summed E-state index contributed by atoms with van der Waals surface area (Å²) in [5.74, 6) is 0.952. The van der Waals surface area contributed by atoms with Gasteiger partial charge in [-0.3, -0.25) is 9.78 Å². The molecule has 0 bridgehead atoms. The average molecular weight is 292 g/mol. The highest BCUT2D eigenvalue weighted by atomic mass is 32.2. The molecule has 6 heteroatoms. The maximum absolute atomic E-state index is 12.4. The molecule has 1 amide bonds. The lowest BCUT2D eigenvalue weighted by atomic mass is 10.1. The molecule has 1 saturated heterocycles. The van der Waals surface area contributed by atoms with E-state index in [0.29, 0.717) is 11.1 Å². The number of rotatable bonds is 4. The van der Waals surface area contributed by atoms with Crippen LogP contribution in [0.1, 0.15) is 22.3 Å². The summed E-state index contributed by atoms with van der Waals surface area (Å²) in [5.41, 5.74) is 1.09. The van der Waals surface area contributed by atoms with Crippen molar-refractivity contribution in [3.8, 4) is 0 Å².